The first-order valence-electron chi connectivity index (χ1n) is 7.92. The summed E-state index contributed by atoms with van der Waals surface area (Å²) in [6.07, 6.45) is 7.36. The summed E-state index contributed by atoms with van der Waals surface area (Å²) < 4.78 is 6.05. The standard InChI is InChI=1S/C16H25N3O/c1-4-9-18(10-5-1)13-15-14-19(11-6-12-20-15)16-7-2-3-8-17-16/h2-3,7-8,15H,1,4-6,9-14H2. The van der Waals surface area contributed by atoms with Crippen molar-refractivity contribution in [2.75, 3.05) is 44.2 Å². The molecule has 2 saturated heterocycles. The Morgan fingerprint density at radius 2 is 2.00 bits per heavy atom. The number of anilines is 1. The zero-order valence-corrected chi connectivity index (χ0v) is 12.2. The van der Waals surface area contributed by atoms with Crippen LogP contribution >= 0.6 is 0 Å². The topological polar surface area (TPSA) is 28.6 Å². The summed E-state index contributed by atoms with van der Waals surface area (Å²) >= 11 is 0. The number of piperidine rings is 1. The van der Waals surface area contributed by atoms with E-state index in [0.717, 1.165) is 38.5 Å². The number of rotatable bonds is 3. The molecule has 0 aromatic carbocycles. The fraction of sp³-hybridized carbons (Fsp3) is 0.688. The molecule has 2 aliphatic rings. The maximum absolute atomic E-state index is 6.05. The third kappa shape index (κ3) is 3.70. The van der Waals surface area contributed by atoms with Crippen molar-refractivity contribution in [1.29, 1.82) is 0 Å². The van der Waals surface area contributed by atoms with E-state index in [2.05, 4.69) is 26.9 Å². The number of pyridine rings is 1. The van der Waals surface area contributed by atoms with Gasteiger partial charge in [0.15, 0.2) is 0 Å². The van der Waals surface area contributed by atoms with Gasteiger partial charge in [0.05, 0.1) is 6.10 Å². The highest BCUT2D eigenvalue weighted by Gasteiger charge is 2.22. The lowest BCUT2D eigenvalue weighted by molar-refractivity contribution is 0.0350. The summed E-state index contributed by atoms with van der Waals surface area (Å²) in [6.45, 7) is 6.44. The molecule has 1 atom stereocenters. The smallest absolute Gasteiger partial charge is 0.128 e. The van der Waals surface area contributed by atoms with Crippen molar-refractivity contribution in [2.45, 2.75) is 31.8 Å². The average Bonchev–Trinajstić information content (AvgIpc) is 2.75. The number of aromatic nitrogens is 1. The molecule has 0 amide bonds. The van der Waals surface area contributed by atoms with Crippen LogP contribution in [0.3, 0.4) is 0 Å². The highest BCUT2D eigenvalue weighted by molar-refractivity contribution is 5.37. The van der Waals surface area contributed by atoms with Gasteiger partial charge in [0.2, 0.25) is 0 Å². The molecule has 1 aromatic rings. The number of hydrogen-bond donors (Lipinski definition) is 0. The van der Waals surface area contributed by atoms with E-state index in [1.54, 1.807) is 0 Å². The number of hydrogen-bond acceptors (Lipinski definition) is 4. The fourth-order valence-electron chi connectivity index (χ4n) is 3.18. The molecule has 4 nitrogen and oxygen atoms in total. The van der Waals surface area contributed by atoms with Crippen molar-refractivity contribution in [2.24, 2.45) is 0 Å². The molecule has 1 aromatic heterocycles. The van der Waals surface area contributed by atoms with Crippen molar-refractivity contribution >= 4 is 5.82 Å². The van der Waals surface area contributed by atoms with Crippen LogP contribution in [0.5, 0.6) is 0 Å². The van der Waals surface area contributed by atoms with E-state index in [9.17, 15) is 0 Å². The van der Waals surface area contributed by atoms with Crippen LogP contribution in [-0.2, 0) is 4.74 Å². The van der Waals surface area contributed by atoms with Gasteiger partial charge in [-0.05, 0) is 44.5 Å². The van der Waals surface area contributed by atoms with Gasteiger partial charge in [0, 0.05) is 32.4 Å². The van der Waals surface area contributed by atoms with Gasteiger partial charge in [-0.2, -0.15) is 0 Å². The van der Waals surface area contributed by atoms with Gasteiger partial charge in [0.1, 0.15) is 5.82 Å². The van der Waals surface area contributed by atoms with Gasteiger partial charge < -0.3 is 14.5 Å². The average molecular weight is 275 g/mol. The number of ether oxygens (including phenoxy) is 1. The van der Waals surface area contributed by atoms with Gasteiger partial charge in [-0.1, -0.05) is 12.5 Å². The van der Waals surface area contributed by atoms with Crippen LogP contribution in [0.2, 0.25) is 0 Å². The molecule has 0 N–H and O–H groups in total. The summed E-state index contributed by atoms with van der Waals surface area (Å²) in [7, 11) is 0. The summed E-state index contributed by atoms with van der Waals surface area (Å²) in [4.78, 5) is 9.42. The Morgan fingerprint density at radius 1 is 1.10 bits per heavy atom. The van der Waals surface area contributed by atoms with Crippen molar-refractivity contribution in [3.05, 3.63) is 24.4 Å². The van der Waals surface area contributed by atoms with Crippen molar-refractivity contribution in [1.82, 2.24) is 9.88 Å². The molecule has 0 spiro atoms. The monoisotopic (exact) mass is 275 g/mol. The lowest BCUT2D eigenvalue weighted by atomic mass is 10.1. The maximum atomic E-state index is 6.05. The van der Waals surface area contributed by atoms with Crippen molar-refractivity contribution in [3.63, 3.8) is 0 Å². The minimum absolute atomic E-state index is 0.317. The molecule has 2 fully saturated rings. The summed E-state index contributed by atoms with van der Waals surface area (Å²) in [6, 6.07) is 6.14. The Bertz CT molecular complexity index is 392. The minimum atomic E-state index is 0.317. The SMILES string of the molecule is c1ccc(N2CCCOC(CN3CCCCC3)C2)nc1. The second-order valence-corrected chi connectivity index (χ2v) is 5.84. The molecule has 1 unspecified atom stereocenters. The number of likely N-dealkylation sites (tertiary alicyclic amines) is 1. The summed E-state index contributed by atoms with van der Waals surface area (Å²) in [5.41, 5.74) is 0. The second-order valence-electron chi connectivity index (χ2n) is 5.84. The van der Waals surface area contributed by atoms with Gasteiger partial charge in [-0.25, -0.2) is 4.98 Å². The highest BCUT2D eigenvalue weighted by Crippen LogP contribution is 2.16. The molecule has 3 heterocycles. The van der Waals surface area contributed by atoms with E-state index < -0.39 is 0 Å². The molecule has 0 bridgehead atoms. The fourth-order valence-corrected chi connectivity index (χ4v) is 3.18. The molecular weight excluding hydrogens is 250 g/mol. The first-order chi connectivity index (χ1) is 9.92. The van der Waals surface area contributed by atoms with Crippen LogP contribution < -0.4 is 4.90 Å². The summed E-state index contributed by atoms with van der Waals surface area (Å²) in [5.74, 6) is 1.08. The Hall–Kier alpha value is -1.13. The quantitative estimate of drug-likeness (QED) is 0.845. The molecule has 20 heavy (non-hydrogen) atoms. The minimum Gasteiger partial charge on any atom is -0.375 e. The highest BCUT2D eigenvalue weighted by atomic mass is 16.5. The molecule has 4 heteroatoms. The predicted molar refractivity (Wildman–Crippen MR) is 81.1 cm³/mol. The van der Waals surface area contributed by atoms with E-state index in [1.165, 1.54) is 32.4 Å². The first kappa shape index (κ1) is 13.8. The maximum Gasteiger partial charge on any atom is 0.128 e. The Labute approximate surface area is 121 Å². The lowest BCUT2D eigenvalue weighted by Crippen LogP contribution is -2.42. The van der Waals surface area contributed by atoms with Gasteiger partial charge in [0.25, 0.3) is 0 Å². The first-order valence-corrected chi connectivity index (χ1v) is 7.92. The van der Waals surface area contributed by atoms with Crippen LogP contribution in [0.4, 0.5) is 5.82 Å². The molecule has 0 saturated carbocycles. The third-order valence-corrected chi connectivity index (χ3v) is 4.23. The van der Waals surface area contributed by atoms with Gasteiger partial charge >= 0.3 is 0 Å². The molecule has 0 radical (unpaired) electrons. The molecular formula is C16H25N3O. The van der Waals surface area contributed by atoms with Crippen LogP contribution in [-0.4, -0.2) is 55.3 Å². The van der Waals surface area contributed by atoms with Crippen LogP contribution in [0, 0.1) is 0 Å². The zero-order chi connectivity index (χ0) is 13.6. The van der Waals surface area contributed by atoms with Crippen LogP contribution in [0.25, 0.3) is 0 Å². The zero-order valence-electron chi connectivity index (χ0n) is 12.2. The van der Waals surface area contributed by atoms with Crippen LogP contribution in [0.1, 0.15) is 25.7 Å². The van der Waals surface area contributed by atoms with E-state index in [-0.39, 0.29) is 0 Å². The van der Waals surface area contributed by atoms with E-state index in [0.29, 0.717) is 6.10 Å². The second kappa shape index (κ2) is 7.04. The lowest BCUT2D eigenvalue weighted by Gasteiger charge is -2.31. The Kier molecular flexibility index (Phi) is 4.87. The molecule has 0 aliphatic carbocycles. The third-order valence-electron chi connectivity index (χ3n) is 4.23. The van der Waals surface area contributed by atoms with E-state index in [4.69, 9.17) is 4.74 Å². The molecule has 2 aliphatic heterocycles. The van der Waals surface area contributed by atoms with Crippen LogP contribution in [0.15, 0.2) is 24.4 Å². The summed E-state index contributed by atoms with van der Waals surface area (Å²) in [5, 5.41) is 0. The number of nitrogens with zero attached hydrogens (tertiary/aromatic N) is 3. The van der Waals surface area contributed by atoms with Gasteiger partial charge in [-0.15, -0.1) is 0 Å². The molecule has 110 valence electrons. The van der Waals surface area contributed by atoms with Crippen molar-refractivity contribution in [3.8, 4) is 0 Å². The Morgan fingerprint density at radius 3 is 2.80 bits per heavy atom. The largest absolute Gasteiger partial charge is 0.375 e. The van der Waals surface area contributed by atoms with E-state index in [1.807, 2.05) is 12.3 Å². The predicted octanol–water partition coefficient (Wildman–Crippen LogP) is 2.16. The Balaban J connectivity index is 1.60. The van der Waals surface area contributed by atoms with Crippen molar-refractivity contribution < 1.29 is 4.74 Å². The van der Waals surface area contributed by atoms with E-state index >= 15 is 0 Å². The molecule has 3 rings (SSSR count). The normalized spacial score (nSPS) is 25.4. The van der Waals surface area contributed by atoms with Gasteiger partial charge in [-0.3, -0.25) is 0 Å².